The summed E-state index contributed by atoms with van der Waals surface area (Å²) in [6.45, 7) is 3.56. The zero-order chi connectivity index (χ0) is 19.3. The Bertz CT molecular complexity index is 933. The maximum atomic E-state index is 12.4. The van der Waals surface area contributed by atoms with Crippen LogP contribution in [0.1, 0.15) is 34.7 Å². The number of aryl methyl sites for hydroxylation is 1. The SMILES string of the molecule is Cc1cc(NC(=O)c2ccnc(N3CCC(Cc4ccccc4)CC3)n2)no1. The summed E-state index contributed by atoms with van der Waals surface area (Å²) in [5.41, 5.74) is 1.70. The first-order chi connectivity index (χ1) is 13.7. The van der Waals surface area contributed by atoms with Crippen LogP contribution in [0.2, 0.25) is 0 Å². The minimum atomic E-state index is -0.323. The second kappa shape index (κ2) is 8.21. The lowest BCUT2D eigenvalue weighted by molar-refractivity contribution is 0.102. The van der Waals surface area contributed by atoms with Gasteiger partial charge in [-0.15, -0.1) is 0 Å². The van der Waals surface area contributed by atoms with Crippen molar-refractivity contribution in [1.29, 1.82) is 0 Å². The van der Waals surface area contributed by atoms with E-state index >= 15 is 0 Å². The van der Waals surface area contributed by atoms with Crippen molar-refractivity contribution >= 4 is 17.7 Å². The summed E-state index contributed by atoms with van der Waals surface area (Å²) in [6.07, 6.45) is 4.91. The highest BCUT2D eigenvalue weighted by Crippen LogP contribution is 2.24. The van der Waals surface area contributed by atoms with E-state index in [0.717, 1.165) is 32.4 Å². The second-order valence-electron chi connectivity index (χ2n) is 7.14. The summed E-state index contributed by atoms with van der Waals surface area (Å²) < 4.78 is 4.97. The van der Waals surface area contributed by atoms with E-state index in [2.05, 4.69) is 55.7 Å². The van der Waals surface area contributed by atoms with Gasteiger partial charge in [0.15, 0.2) is 5.82 Å². The number of hydrogen-bond acceptors (Lipinski definition) is 6. The van der Waals surface area contributed by atoms with Gasteiger partial charge in [-0.2, -0.15) is 0 Å². The standard InChI is InChI=1S/C21H23N5O2/c1-15-13-19(25-28-15)24-20(27)18-7-10-22-21(23-18)26-11-8-17(9-12-26)14-16-5-3-2-4-6-16/h2-7,10,13,17H,8-9,11-12,14H2,1H3,(H,24,25,27). The van der Waals surface area contributed by atoms with Crippen molar-refractivity contribution in [3.8, 4) is 0 Å². The summed E-state index contributed by atoms with van der Waals surface area (Å²) in [6, 6.07) is 13.9. The summed E-state index contributed by atoms with van der Waals surface area (Å²) in [5.74, 6) is 1.96. The molecule has 3 aromatic rings. The molecule has 1 N–H and O–H groups in total. The topological polar surface area (TPSA) is 84.2 Å². The van der Waals surface area contributed by atoms with Gasteiger partial charge in [-0.25, -0.2) is 9.97 Å². The number of rotatable bonds is 5. The molecule has 0 unspecified atom stereocenters. The number of aromatic nitrogens is 3. The Morgan fingerprint density at radius 1 is 1.21 bits per heavy atom. The molecule has 1 amide bonds. The number of nitrogens with one attached hydrogen (secondary N) is 1. The first-order valence-electron chi connectivity index (χ1n) is 9.54. The first-order valence-corrected chi connectivity index (χ1v) is 9.54. The second-order valence-corrected chi connectivity index (χ2v) is 7.14. The molecule has 1 aliphatic heterocycles. The highest BCUT2D eigenvalue weighted by molar-refractivity contribution is 6.02. The molecule has 28 heavy (non-hydrogen) atoms. The van der Waals surface area contributed by atoms with E-state index in [0.29, 0.717) is 29.1 Å². The molecule has 1 aromatic carbocycles. The average molecular weight is 377 g/mol. The highest BCUT2D eigenvalue weighted by atomic mass is 16.5. The summed E-state index contributed by atoms with van der Waals surface area (Å²) in [5, 5.41) is 6.47. The van der Waals surface area contributed by atoms with Crippen LogP contribution >= 0.6 is 0 Å². The molecule has 2 aromatic heterocycles. The van der Waals surface area contributed by atoms with Gasteiger partial charge in [-0.3, -0.25) is 4.79 Å². The molecule has 1 aliphatic rings. The fraction of sp³-hybridized carbons (Fsp3) is 0.333. The lowest BCUT2D eigenvalue weighted by atomic mass is 9.90. The van der Waals surface area contributed by atoms with Crippen molar-refractivity contribution in [1.82, 2.24) is 15.1 Å². The van der Waals surface area contributed by atoms with E-state index in [1.54, 1.807) is 25.3 Å². The van der Waals surface area contributed by atoms with Crippen molar-refractivity contribution in [3.05, 3.63) is 65.7 Å². The monoisotopic (exact) mass is 377 g/mol. The van der Waals surface area contributed by atoms with E-state index in [1.807, 2.05) is 0 Å². The average Bonchev–Trinajstić information content (AvgIpc) is 3.14. The van der Waals surface area contributed by atoms with Gasteiger partial charge in [0.1, 0.15) is 11.5 Å². The van der Waals surface area contributed by atoms with Crippen LogP contribution in [-0.2, 0) is 6.42 Å². The zero-order valence-electron chi connectivity index (χ0n) is 15.8. The van der Waals surface area contributed by atoms with Crippen LogP contribution in [0.4, 0.5) is 11.8 Å². The van der Waals surface area contributed by atoms with Gasteiger partial charge in [-0.1, -0.05) is 35.5 Å². The normalized spacial score (nSPS) is 14.8. The van der Waals surface area contributed by atoms with Crippen LogP contribution < -0.4 is 10.2 Å². The molecular weight excluding hydrogens is 354 g/mol. The van der Waals surface area contributed by atoms with Crippen LogP contribution in [0.15, 0.2) is 53.2 Å². The molecule has 0 aliphatic carbocycles. The lowest BCUT2D eigenvalue weighted by Crippen LogP contribution is -2.35. The minimum Gasteiger partial charge on any atom is -0.360 e. The molecule has 0 atom stereocenters. The zero-order valence-corrected chi connectivity index (χ0v) is 15.8. The lowest BCUT2D eigenvalue weighted by Gasteiger charge is -2.32. The molecule has 0 spiro atoms. The summed E-state index contributed by atoms with van der Waals surface area (Å²) in [7, 11) is 0. The van der Waals surface area contributed by atoms with Crippen LogP contribution in [0.25, 0.3) is 0 Å². The minimum absolute atomic E-state index is 0.317. The molecule has 0 bridgehead atoms. The Morgan fingerprint density at radius 3 is 2.71 bits per heavy atom. The van der Waals surface area contributed by atoms with Gasteiger partial charge in [0, 0.05) is 25.4 Å². The third kappa shape index (κ3) is 4.36. The van der Waals surface area contributed by atoms with Crippen LogP contribution in [0, 0.1) is 12.8 Å². The number of amides is 1. The third-order valence-corrected chi connectivity index (χ3v) is 5.01. The van der Waals surface area contributed by atoms with Crippen LogP contribution in [0.5, 0.6) is 0 Å². The van der Waals surface area contributed by atoms with Crippen molar-refractivity contribution in [2.75, 3.05) is 23.3 Å². The van der Waals surface area contributed by atoms with Gasteiger partial charge >= 0.3 is 0 Å². The van der Waals surface area contributed by atoms with Crippen molar-refractivity contribution in [2.24, 2.45) is 5.92 Å². The van der Waals surface area contributed by atoms with Gasteiger partial charge in [0.05, 0.1) is 0 Å². The number of carbonyl (C=O) groups is 1. The van der Waals surface area contributed by atoms with Gasteiger partial charge in [0.2, 0.25) is 5.95 Å². The van der Waals surface area contributed by atoms with Crippen molar-refractivity contribution in [3.63, 3.8) is 0 Å². The fourth-order valence-corrected chi connectivity index (χ4v) is 3.52. The van der Waals surface area contributed by atoms with Gasteiger partial charge < -0.3 is 14.7 Å². The quantitative estimate of drug-likeness (QED) is 0.733. The summed E-state index contributed by atoms with van der Waals surface area (Å²) >= 11 is 0. The van der Waals surface area contributed by atoms with Crippen LogP contribution in [0.3, 0.4) is 0 Å². The van der Waals surface area contributed by atoms with E-state index in [4.69, 9.17) is 4.52 Å². The molecular formula is C21H23N5O2. The number of piperidine rings is 1. The molecule has 4 rings (SSSR count). The van der Waals surface area contributed by atoms with Crippen molar-refractivity contribution in [2.45, 2.75) is 26.2 Å². The number of carbonyl (C=O) groups excluding carboxylic acids is 1. The first kappa shape index (κ1) is 18.2. The van der Waals surface area contributed by atoms with E-state index in [-0.39, 0.29) is 5.91 Å². The predicted molar refractivity (Wildman–Crippen MR) is 106 cm³/mol. The predicted octanol–water partition coefficient (Wildman–Crippen LogP) is 3.48. The largest absolute Gasteiger partial charge is 0.360 e. The number of nitrogens with zero attached hydrogens (tertiary/aromatic N) is 4. The fourth-order valence-electron chi connectivity index (χ4n) is 3.52. The highest BCUT2D eigenvalue weighted by Gasteiger charge is 2.22. The molecule has 1 saturated heterocycles. The smallest absolute Gasteiger partial charge is 0.275 e. The van der Waals surface area contributed by atoms with Gasteiger partial charge in [-0.05, 0) is 43.7 Å². The molecule has 1 fully saturated rings. The number of benzene rings is 1. The Balaban J connectivity index is 1.36. The van der Waals surface area contributed by atoms with E-state index in [1.165, 1.54) is 5.56 Å². The summed E-state index contributed by atoms with van der Waals surface area (Å²) in [4.78, 5) is 23.4. The molecule has 7 nitrogen and oxygen atoms in total. The molecule has 7 heteroatoms. The molecule has 0 saturated carbocycles. The molecule has 3 heterocycles. The Hall–Kier alpha value is -3.22. The Labute approximate surface area is 163 Å². The number of anilines is 2. The van der Waals surface area contributed by atoms with Crippen molar-refractivity contribution < 1.29 is 9.32 Å². The maximum Gasteiger partial charge on any atom is 0.275 e. The molecule has 144 valence electrons. The number of hydrogen-bond donors (Lipinski definition) is 1. The van der Waals surface area contributed by atoms with Crippen LogP contribution in [-0.4, -0.2) is 34.1 Å². The molecule has 0 radical (unpaired) electrons. The third-order valence-electron chi connectivity index (χ3n) is 5.01. The Kier molecular flexibility index (Phi) is 5.32. The van der Waals surface area contributed by atoms with Gasteiger partial charge in [0.25, 0.3) is 5.91 Å². The van der Waals surface area contributed by atoms with E-state index in [9.17, 15) is 4.79 Å². The maximum absolute atomic E-state index is 12.4. The Morgan fingerprint density at radius 2 is 2.00 bits per heavy atom. The van der Waals surface area contributed by atoms with E-state index < -0.39 is 0 Å².